The van der Waals surface area contributed by atoms with E-state index in [0.717, 1.165) is 0 Å². The molecule has 0 fully saturated rings. The van der Waals surface area contributed by atoms with Gasteiger partial charge >= 0.3 is 5.97 Å². The van der Waals surface area contributed by atoms with E-state index in [2.05, 4.69) is 15.9 Å². The van der Waals surface area contributed by atoms with Crippen LogP contribution in [0.2, 0.25) is 0 Å². The van der Waals surface area contributed by atoms with Gasteiger partial charge in [-0.05, 0) is 24.6 Å². The smallest absolute Gasteiger partial charge is 0.335 e. The van der Waals surface area contributed by atoms with Gasteiger partial charge in [0.25, 0.3) is 0 Å². The third-order valence-corrected chi connectivity index (χ3v) is 5.43. The number of carbonyl (C=O) groups is 1. The first kappa shape index (κ1) is 18.1. The summed E-state index contributed by atoms with van der Waals surface area (Å²) in [6.45, 7) is 2.34. The predicted molar refractivity (Wildman–Crippen MR) is 80.6 cm³/mol. The molecule has 1 aromatic rings. The molecule has 0 bridgehead atoms. The largest absolute Gasteiger partial charge is 0.478 e. The highest BCUT2D eigenvalue weighted by Crippen LogP contribution is 2.26. The standard InChI is InChI=1S/C13H17BrO6S/c1-9-11(14)7-10(13(15)16)8-12(9)21(17,18)6-5-20-4-3-19-2/h7-8H,3-6H2,1-2H3,(H,15,16). The van der Waals surface area contributed by atoms with Gasteiger partial charge < -0.3 is 14.6 Å². The minimum Gasteiger partial charge on any atom is -0.478 e. The van der Waals surface area contributed by atoms with Crippen molar-refractivity contribution in [2.24, 2.45) is 0 Å². The molecule has 118 valence electrons. The van der Waals surface area contributed by atoms with Gasteiger partial charge in [0, 0.05) is 11.6 Å². The van der Waals surface area contributed by atoms with Crippen molar-refractivity contribution in [3.05, 3.63) is 27.7 Å². The zero-order valence-corrected chi connectivity index (χ0v) is 14.2. The van der Waals surface area contributed by atoms with Crippen LogP contribution in [0.25, 0.3) is 0 Å². The van der Waals surface area contributed by atoms with E-state index in [1.54, 1.807) is 6.92 Å². The minimum atomic E-state index is -3.62. The summed E-state index contributed by atoms with van der Waals surface area (Å²) in [6.07, 6.45) is 0. The Morgan fingerprint density at radius 1 is 1.29 bits per heavy atom. The lowest BCUT2D eigenvalue weighted by atomic mass is 10.1. The van der Waals surface area contributed by atoms with Gasteiger partial charge in [-0.25, -0.2) is 13.2 Å². The maximum atomic E-state index is 12.3. The van der Waals surface area contributed by atoms with Crippen molar-refractivity contribution in [1.82, 2.24) is 0 Å². The summed E-state index contributed by atoms with van der Waals surface area (Å²) in [6, 6.07) is 2.55. The zero-order chi connectivity index (χ0) is 16.0. The van der Waals surface area contributed by atoms with Crippen molar-refractivity contribution in [1.29, 1.82) is 0 Å². The third kappa shape index (κ3) is 5.06. The number of aromatic carboxylic acids is 1. The second-order valence-corrected chi connectivity index (χ2v) is 7.24. The summed E-state index contributed by atoms with van der Waals surface area (Å²) in [7, 11) is -2.09. The fourth-order valence-electron chi connectivity index (χ4n) is 1.62. The van der Waals surface area contributed by atoms with Crippen LogP contribution in [-0.4, -0.2) is 52.2 Å². The van der Waals surface area contributed by atoms with Gasteiger partial charge in [0.2, 0.25) is 0 Å². The number of benzene rings is 1. The van der Waals surface area contributed by atoms with Crippen LogP contribution in [0.4, 0.5) is 0 Å². The molecule has 0 heterocycles. The maximum absolute atomic E-state index is 12.3. The molecular formula is C13H17BrO6S. The Hall–Kier alpha value is -0.960. The zero-order valence-electron chi connectivity index (χ0n) is 11.8. The molecule has 0 radical (unpaired) electrons. The van der Waals surface area contributed by atoms with Gasteiger partial charge in [0.15, 0.2) is 9.84 Å². The van der Waals surface area contributed by atoms with Crippen LogP contribution in [0.1, 0.15) is 15.9 Å². The summed E-state index contributed by atoms with van der Waals surface area (Å²) in [5.41, 5.74) is 0.406. The molecule has 0 atom stereocenters. The fourth-order valence-corrected chi connectivity index (χ4v) is 3.65. The van der Waals surface area contributed by atoms with Gasteiger partial charge in [0.05, 0.1) is 36.0 Å². The number of methoxy groups -OCH3 is 1. The Bertz CT molecular complexity index is 611. The Morgan fingerprint density at radius 3 is 2.52 bits per heavy atom. The first-order valence-corrected chi connectivity index (χ1v) is 8.57. The molecule has 0 saturated heterocycles. The lowest BCUT2D eigenvalue weighted by Gasteiger charge is -2.11. The Labute approximate surface area is 132 Å². The van der Waals surface area contributed by atoms with Crippen molar-refractivity contribution in [2.75, 3.05) is 32.7 Å². The molecule has 6 nitrogen and oxygen atoms in total. The molecule has 0 aromatic heterocycles. The van der Waals surface area contributed by atoms with E-state index >= 15 is 0 Å². The molecule has 0 spiro atoms. The molecule has 0 unspecified atom stereocenters. The number of halogens is 1. The number of ether oxygens (including phenoxy) is 2. The second-order valence-electron chi connectivity index (χ2n) is 4.31. The van der Waals surface area contributed by atoms with Crippen molar-refractivity contribution in [2.45, 2.75) is 11.8 Å². The highest BCUT2D eigenvalue weighted by Gasteiger charge is 2.21. The molecular weight excluding hydrogens is 364 g/mol. The quantitative estimate of drug-likeness (QED) is 0.692. The molecule has 0 aliphatic heterocycles. The molecule has 1 rings (SSSR count). The lowest BCUT2D eigenvalue weighted by Crippen LogP contribution is -2.16. The second kappa shape index (κ2) is 7.88. The molecule has 1 aromatic carbocycles. The van der Waals surface area contributed by atoms with Gasteiger partial charge in [-0.1, -0.05) is 15.9 Å². The van der Waals surface area contributed by atoms with Crippen LogP contribution >= 0.6 is 15.9 Å². The van der Waals surface area contributed by atoms with E-state index in [0.29, 0.717) is 23.2 Å². The number of carboxylic acids is 1. The SMILES string of the molecule is COCCOCCS(=O)(=O)c1cc(C(=O)O)cc(Br)c1C. The number of sulfone groups is 1. The van der Waals surface area contributed by atoms with E-state index in [-0.39, 0.29) is 22.8 Å². The van der Waals surface area contributed by atoms with Crippen LogP contribution in [0.15, 0.2) is 21.5 Å². The van der Waals surface area contributed by atoms with Crippen LogP contribution in [-0.2, 0) is 19.3 Å². The van der Waals surface area contributed by atoms with Crippen molar-refractivity contribution >= 4 is 31.7 Å². The van der Waals surface area contributed by atoms with Crippen LogP contribution in [0.3, 0.4) is 0 Å². The average molecular weight is 381 g/mol. The molecule has 8 heteroatoms. The number of hydrogen-bond donors (Lipinski definition) is 1. The highest BCUT2D eigenvalue weighted by atomic mass is 79.9. The van der Waals surface area contributed by atoms with Gasteiger partial charge in [0.1, 0.15) is 0 Å². The Kier molecular flexibility index (Phi) is 6.79. The molecule has 0 saturated carbocycles. The molecule has 1 N–H and O–H groups in total. The summed E-state index contributed by atoms with van der Waals surface area (Å²) in [5.74, 6) is -1.39. The Balaban J connectivity index is 2.94. The molecule has 0 amide bonds. The molecule has 21 heavy (non-hydrogen) atoms. The monoisotopic (exact) mass is 380 g/mol. The summed E-state index contributed by atoms with van der Waals surface area (Å²) in [4.78, 5) is 11.0. The third-order valence-electron chi connectivity index (χ3n) is 2.81. The molecule has 0 aliphatic carbocycles. The first-order valence-electron chi connectivity index (χ1n) is 6.12. The van der Waals surface area contributed by atoms with Crippen molar-refractivity contribution in [3.63, 3.8) is 0 Å². The minimum absolute atomic E-state index is 0.00427. The van der Waals surface area contributed by atoms with Crippen LogP contribution < -0.4 is 0 Å². The number of rotatable bonds is 8. The van der Waals surface area contributed by atoms with Gasteiger partial charge in [-0.3, -0.25) is 0 Å². The number of carboxylic acid groups (broad SMARTS) is 1. The van der Waals surface area contributed by atoms with Crippen molar-refractivity contribution in [3.8, 4) is 0 Å². The molecule has 0 aliphatic rings. The summed E-state index contributed by atoms with van der Waals surface area (Å²) in [5, 5.41) is 9.01. The van der Waals surface area contributed by atoms with Gasteiger partial charge in [-0.2, -0.15) is 0 Å². The fraction of sp³-hybridized carbons (Fsp3) is 0.462. The summed E-state index contributed by atoms with van der Waals surface area (Å²) >= 11 is 3.18. The van der Waals surface area contributed by atoms with E-state index < -0.39 is 15.8 Å². The van der Waals surface area contributed by atoms with Crippen LogP contribution in [0, 0.1) is 6.92 Å². The lowest BCUT2D eigenvalue weighted by molar-refractivity contribution is 0.0696. The number of hydrogen-bond acceptors (Lipinski definition) is 5. The van der Waals surface area contributed by atoms with E-state index in [9.17, 15) is 13.2 Å². The average Bonchev–Trinajstić information content (AvgIpc) is 2.40. The van der Waals surface area contributed by atoms with Crippen molar-refractivity contribution < 1.29 is 27.8 Å². The van der Waals surface area contributed by atoms with E-state index in [4.69, 9.17) is 14.6 Å². The first-order chi connectivity index (χ1) is 9.79. The highest BCUT2D eigenvalue weighted by molar-refractivity contribution is 9.10. The van der Waals surface area contributed by atoms with E-state index in [1.807, 2.05) is 0 Å². The Morgan fingerprint density at radius 2 is 1.95 bits per heavy atom. The van der Waals surface area contributed by atoms with Crippen LogP contribution in [0.5, 0.6) is 0 Å². The topological polar surface area (TPSA) is 89.9 Å². The maximum Gasteiger partial charge on any atom is 0.335 e. The summed E-state index contributed by atoms with van der Waals surface area (Å²) < 4.78 is 35.0. The predicted octanol–water partition coefficient (Wildman–Crippen LogP) is 1.89. The van der Waals surface area contributed by atoms with E-state index in [1.165, 1.54) is 19.2 Å². The normalized spacial score (nSPS) is 11.6. The van der Waals surface area contributed by atoms with Gasteiger partial charge in [-0.15, -0.1) is 0 Å².